The minimum atomic E-state index is -0.958. The van der Waals surface area contributed by atoms with Crippen LogP contribution < -0.4 is 5.32 Å². The maximum Gasteiger partial charge on any atom is 0.337 e. The predicted molar refractivity (Wildman–Crippen MR) is 60.6 cm³/mol. The molecule has 3 N–H and O–H groups in total. The van der Waals surface area contributed by atoms with Gasteiger partial charge in [-0.3, -0.25) is 4.98 Å². The Hall–Kier alpha value is -1.62. The quantitative estimate of drug-likeness (QED) is 0.609. The molecule has 0 radical (unpaired) electrons. The van der Waals surface area contributed by atoms with Crippen molar-refractivity contribution >= 4 is 11.7 Å². The first-order valence-corrected chi connectivity index (χ1v) is 5.27. The number of carbonyl (C=O) groups is 1. The number of carboxylic acids is 1. The van der Waals surface area contributed by atoms with Gasteiger partial charge < -0.3 is 15.5 Å². The molecule has 1 aromatic heterocycles. The fraction of sp³-hybridized carbons (Fsp3) is 0.455. The lowest BCUT2D eigenvalue weighted by Gasteiger charge is -2.08. The molecule has 0 unspecified atom stereocenters. The highest BCUT2D eigenvalue weighted by Crippen LogP contribution is 2.13. The van der Waals surface area contributed by atoms with Crippen LogP contribution in [0.3, 0.4) is 0 Å². The van der Waals surface area contributed by atoms with Gasteiger partial charge in [0.05, 0.1) is 17.4 Å². The summed E-state index contributed by atoms with van der Waals surface area (Å²) in [6.45, 7) is 0.888. The summed E-state index contributed by atoms with van der Waals surface area (Å²) in [6, 6.07) is 1.47. The predicted octanol–water partition coefficient (Wildman–Crippen LogP) is 1.35. The molecule has 1 rings (SSSR count). The van der Waals surface area contributed by atoms with Gasteiger partial charge in [0, 0.05) is 19.3 Å². The molecule has 88 valence electrons. The summed E-state index contributed by atoms with van der Waals surface area (Å²) in [5, 5.41) is 20.5. The molecule has 0 aliphatic carbocycles. The van der Waals surface area contributed by atoms with Crippen molar-refractivity contribution in [3.63, 3.8) is 0 Å². The summed E-state index contributed by atoms with van der Waals surface area (Å²) in [7, 11) is 0. The van der Waals surface area contributed by atoms with Crippen LogP contribution in [0, 0.1) is 0 Å². The van der Waals surface area contributed by atoms with Gasteiger partial charge in [-0.2, -0.15) is 0 Å². The van der Waals surface area contributed by atoms with Crippen LogP contribution in [0.4, 0.5) is 5.69 Å². The monoisotopic (exact) mass is 224 g/mol. The van der Waals surface area contributed by atoms with Crippen molar-refractivity contribution < 1.29 is 15.0 Å². The van der Waals surface area contributed by atoms with Gasteiger partial charge in [0.2, 0.25) is 0 Å². The Labute approximate surface area is 94.1 Å². The van der Waals surface area contributed by atoms with Gasteiger partial charge in [0.25, 0.3) is 0 Å². The third kappa shape index (κ3) is 3.86. The van der Waals surface area contributed by atoms with Gasteiger partial charge in [0.15, 0.2) is 0 Å². The number of carboxylic acid groups (broad SMARTS) is 1. The summed E-state index contributed by atoms with van der Waals surface area (Å²) in [5.74, 6) is -0.958. The van der Waals surface area contributed by atoms with Gasteiger partial charge in [-0.25, -0.2) is 4.79 Å². The molecule has 16 heavy (non-hydrogen) atoms. The van der Waals surface area contributed by atoms with Crippen molar-refractivity contribution in [1.82, 2.24) is 4.98 Å². The fourth-order valence-corrected chi connectivity index (χ4v) is 1.36. The number of aromatic carboxylic acids is 1. The number of aliphatic hydroxyl groups is 1. The summed E-state index contributed by atoms with van der Waals surface area (Å²) < 4.78 is 0. The number of rotatable bonds is 7. The molecule has 5 heteroatoms. The number of unbranched alkanes of at least 4 members (excludes halogenated alkanes) is 2. The maximum absolute atomic E-state index is 10.9. The Morgan fingerprint density at radius 1 is 1.38 bits per heavy atom. The number of aliphatic hydroxyl groups excluding tert-OH is 1. The lowest BCUT2D eigenvalue weighted by atomic mass is 10.2. The van der Waals surface area contributed by atoms with E-state index in [1.807, 2.05) is 0 Å². The molecular formula is C11H16N2O3. The van der Waals surface area contributed by atoms with Crippen LogP contribution >= 0.6 is 0 Å². The second-order valence-electron chi connectivity index (χ2n) is 3.44. The number of pyridine rings is 1. The average Bonchev–Trinajstić information content (AvgIpc) is 2.29. The van der Waals surface area contributed by atoms with Crippen LogP contribution in [-0.2, 0) is 0 Å². The van der Waals surface area contributed by atoms with Crippen molar-refractivity contribution in [3.8, 4) is 0 Å². The third-order valence-corrected chi connectivity index (χ3v) is 2.20. The molecule has 0 aliphatic heterocycles. The van der Waals surface area contributed by atoms with Crippen LogP contribution in [0.25, 0.3) is 0 Å². The van der Waals surface area contributed by atoms with Crippen molar-refractivity contribution in [2.24, 2.45) is 0 Å². The highest BCUT2D eigenvalue weighted by Gasteiger charge is 2.08. The highest BCUT2D eigenvalue weighted by atomic mass is 16.4. The maximum atomic E-state index is 10.9. The zero-order valence-corrected chi connectivity index (χ0v) is 9.02. The van der Waals surface area contributed by atoms with Crippen LogP contribution in [0.2, 0.25) is 0 Å². The van der Waals surface area contributed by atoms with E-state index in [1.54, 1.807) is 0 Å². The van der Waals surface area contributed by atoms with Gasteiger partial charge in [-0.05, 0) is 25.3 Å². The van der Waals surface area contributed by atoms with E-state index in [0.717, 1.165) is 19.3 Å². The van der Waals surface area contributed by atoms with Crippen molar-refractivity contribution in [2.75, 3.05) is 18.5 Å². The smallest absolute Gasteiger partial charge is 0.337 e. The SMILES string of the molecule is O=C(O)c1ccncc1NCCCCCO. The number of anilines is 1. The molecular weight excluding hydrogens is 208 g/mol. The molecule has 0 aliphatic rings. The second-order valence-corrected chi connectivity index (χ2v) is 3.44. The topological polar surface area (TPSA) is 82.5 Å². The molecule has 1 heterocycles. The van der Waals surface area contributed by atoms with Crippen LogP contribution in [0.5, 0.6) is 0 Å². The van der Waals surface area contributed by atoms with Gasteiger partial charge in [-0.1, -0.05) is 0 Å². The second kappa shape index (κ2) is 6.79. The number of hydrogen-bond donors (Lipinski definition) is 3. The molecule has 0 atom stereocenters. The van der Waals surface area contributed by atoms with E-state index in [9.17, 15) is 4.79 Å². The molecule has 0 spiro atoms. The van der Waals surface area contributed by atoms with E-state index < -0.39 is 5.97 Å². The molecule has 0 saturated carbocycles. The summed E-state index contributed by atoms with van der Waals surface area (Å²) in [4.78, 5) is 14.7. The standard InChI is InChI=1S/C11H16N2O3/c14-7-3-1-2-5-13-10-8-12-6-4-9(10)11(15)16/h4,6,8,13-14H,1-3,5,7H2,(H,15,16). The average molecular weight is 224 g/mol. The summed E-state index contributed by atoms with van der Waals surface area (Å²) in [5.41, 5.74) is 0.774. The molecule has 0 saturated heterocycles. The Bertz CT molecular complexity index is 342. The fourth-order valence-electron chi connectivity index (χ4n) is 1.36. The molecule has 0 bridgehead atoms. The number of nitrogens with zero attached hydrogens (tertiary/aromatic N) is 1. The van der Waals surface area contributed by atoms with Crippen molar-refractivity contribution in [2.45, 2.75) is 19.3 Å². The van der Waals surface area contributed by atoms with Gasteiger partial charge >= 0.3 is 5.97 Å². The summed E-state index contributed by atoms with van der Waals surface area (Å²) in [6.07, 6.45) is 5.57. The zero-order chi connectivity index (χ0) is 11.8. The molecule has 0 amide bonds. The van der Waals surface area contributed by atoms with E-state index in [1.165, 1.54) is 18.5 Å². The van der Waals surface area contributed by atoms with Crippen LogP contribution in [0.15, 0.2) is 18.5 Å². The molecule has 0 fully saturated rings. The minimum absolute atomic E-state index is 0.202. The largest absolute Gasteiger partial charge is 0.478 e. The van der Waals surface area contributed by atoms with Crippen LogP contribution in [-0.4, -0.2) is 34.3 Å². The highest BCUT2D eigenvalue weighted by molar-refractivity contribution is 5.93. The zero-order valence-electron chi connectivity index (χ0n) is 9.02. The number of aromatic nitrogens is 1. The Morgan fingerprint density at radius 3 is 2.88 bits per heavy atom. The number of hydrogen-bond acceptors (Lipinski definition) is 4. The van der Waals surface area contributed by atoms with Gasteiger partial charge in [-0.15, -0.1) is 0 Å². The molecule has 0 aromatic carbocycles. The van der Waals surface area contributed by atoms with Crippen LogP contribution in [0.1, 0.15) is 29.6 Å². The van der Waals surface area contributed by atoms with E-state index in [0.29, 0.717) is 12.2 Å². The Morgan fingerprint density at radius 2 is 2.19 bits per heavy atom. The van der Waals surface area contributed by atoms with E-state index in [2.05, 4.69) is 10.3 Å². The first kappa shape index (κ1) is 12.4. The van der Waals surface area contributed by atoms with Gasteiger partial charge in [0.1, 0.15) is 0 Å². The van der Waals surface area contributed by atoms with Crippen molar-refractivity contribution in [3.05, 3.63) is 24.0 Å². The summed E-state index contributed by atoms with van der Waals surface area (Å²) >= 11 is 0. The Balaban J connectivity index is 2.44. The van der Waals surface area contributed by atoms with E-state index >= 15 is 0 Å². The van der Waals surface area contributed by atoms with E-state index in [4.69, 9.17) is 10.2 Å². The Kier molecular flexibility index (Phi) is 5.28. The third-order valence-electron chi connectivity index (χ3n) is 2.20. The van der Waals surface area contributed by atoms with Crippen molar-refractivity contribution in [1.29, 1.82) is 0 Å². The van der Waals surface area contributed by atoms with E-state index in [-0.39, 0.29) is 12.2 Å². The minimum Gasteiger partial charge on any atom is -0.478 e. The first-order valence-electron chi connectivity index (χ1n) is 5.27. The normalized spacial score (nSPS) is 10.1. The first-order chi connectivity index (χ1) is 7.75. The lowest BCUT2D eigenvalue weighted by Crippen LogP contribution is -2.08. The molecule has 1 aromatic rings. The lowest BCUT2D eigenvalue weighted by molar-refractivity contribution is 0.0698. The number of nitrogens with one attached hydrogen (secondary N) is 1. The molecule has 5 nitrogen and oxygen atoms in total.